The Morgan fingerprint density at radius 1 is 1.00 bits per heavy atom. The number of carbonyl (C=O) groups is 2. The van der Waals surface area contributed by atoms with Gasteiger partial charge in [-0.3, -0.25) is 9.59 Å². The Morgan fingerprint density at radius 3 is 2.52 bits per heavy atom. The molecule has 5 nitrogen and oxygen atoms in total. The first-order valence-electron chi connectivity index (χ1n) is 9.03. The van der Waals surface area contributed by atoms with Gasteiger partial charge >= 0.3 is 0 Å². The van der Waals surface area contributed by atoms with Crippen molar-refractivity contribution in [3.63, 3.8) is 0 Å². The molecule has 2 aromatic carbocycles. The maximum absolute atomic E-state index is 13.8. The van der Waals surface area contributed by atoms with Gasteiger partial charge in [0.2, 0.25) is 5.91 Å². The van der Waals surface area contributed by atoms with Gasteiger partial charge in [-0.1, -0.05) is 24.3 Å². The van der Waals surface area contributed by atoms with Gasteiger partial charge in [0.15, 0.2) is 0 Å². The van der Waals surface area contributed by atoms with E-state index >= 15 is 0 Å². The second kappa shape index (κ2) is 8.66. The molecule has 0 aliphatic carbocycles. The lowest BCUT2D eigenvalue weighted by atomic mass is 10.1. The van der Waals surface area contributed by atoms with Crippen molar-refractivity contribution >= 4 is 11.8 Å². The van der Waals surface area contributed by atoms with E-state index in [1.54, 1.807) is 59.4 Å². The zero-order chi connectivity index (χ0) is 19.2. The number of benzene rings is 2. The Bertz CT molecular complexity index is 825. The summed E-state index contributed by atoms with van der Waals surface area (Å²) in [4.78, 5) is 28.8. The van der Waals surface area contributed by atoms with E-state index in [9.17, 15) is 14.0 Å². The molecule has 0 spiro atoms. The summed E-state index contributed by atoms with van der Waals surface area (Å²) in [7, 11) is 1.56. The highest BCUT2D eigenvalue weighted by Gasteiger charge is 2.23. The largest absolute Gasteiger partial charge is 0.497 e. The molecule has 2 aromatic rings. The number of hydrogen-bond donors (Lipinski definition) is 0. The summed E-state index contributed by atoms with van der Waals surface area (Å²) in [5.41, 5.74) is 0.969. The summed E-state index contributed by atoms with van der Waals surface area (Å²) < 4.78 is 19.0. The Kier molecular flexibility index (Phi) is 6.06. The van der Waals surface area contributed by atoms with Gasteiger partial charge in [0.05, 0.1) is 13.5 Å². The summed E-state index contributed by atoms with van der Waals surface area (Å²) in [5.74, 6) is 0.0842. The van der Waals surface area contributed by atoms with Crippen LogP contribution in [0.4, 0.5) is 4.39 Å². The Balaban J connectivity index is 1.62. The second-order valence-electron chi connectivity index (χ2n) is 6.53. The van der Waals surface area contributed by atoms with Crippen LogP contribution in [0.25, 0.3) is 0 Å². The summed E-state index contributed by atoms with van der Waals surface area (Å²) in [6.07, 6.45) is 0.731. The topological polar surface area (TPSA) is 49.9 Å². The zero-order valence-corrected chi connectivity index (χ0v) is 15.4. The number of nitrogens with zero attached hydrogens (tertiary/aromatic N) is 2. The van der Waals surface area contributed by atoms with Crippen LogP contribution in [0.3, 0.4) is 0 Å². The van der Waals surface area contributed by atoms with Crippen LogP contribution in [-0.2, 0) is 11.2 Å². The summed E-state index contributed by atoms with van der Waals surface area (Å²) in [6.45, 7) is 2.05. The Morgan fingerprint density at radius 2 is 1.74 bits per heavy atom. The number of hydrogen-bond acceptors (Lipinski definition) is 3. The molecule has 142 valence electrons. The monoisotopic (exact) mass is 370 g/mol. The van der Waals surface area contributed by atoms with Crippen LogP contribution in [0, 0.1) is 5.82 Å². The molecule has 1 fully saturated rings. The fourth-order valence-corrected chi connectivity index (χ4v) is 3.23. The predicted octanol–water partition coefficient (Wildman–Crippen LogP) is 2.75. The molecule has 27 heavy (non-hydrogen) atoms. The van der Waals surface area contributed by atoms with Gasteiger partial charge in [0.25, 0.3) is 5.91 Å². The van der Waals surface area contributed by atoms with Gasteiger partial charge in [-0.25, -0.2) is 4.39 Å². The highest BCUT2D eigenvalue weighted by molar-refractivity contribution is 5.94. The van der Waals surface area contributed by atoms with E-state index in [0.29, 0.717) is 49.5 Å². The second-order valence-corrected chi connectivity index (χ2v) is 6.53. The smallest absolute Gasteiger partial charge is 0.254 e. The highest BCUT2D eigenvalue weighted by atomic mass is 19.1. The highest BCUT2D eigenvalue weighted by Crippen LogP contribution is 2.16. The number of carbonyl (C=O) groups excluding carboxylic acids is 2. The van der Waals surface area contributed by atoms with E-state index in [-0.39, 0.29) is 24.1 Å². The third-order valence-electron chi connectivity index (χ3n) is 4.75. The third kappa shape index (κ3) is 4.64. The average molecular weight is 370 g/mol. The molecule has 0 saturated carbocycles. The molecule has 3 rings (SSSR count). The third-order valence-corrected chi connectivity index (χ3v) is 4.75. The van der Waals surface area contributed by atoms with Crippen LogP contribution in [0.15, 0.2) is 48.5 Å². The standard InChI is InChI=1S/C21H23FN2O3/c1-27-18-8-4-7-17(14-18)21(26)24-11-5-10-23(12-13-24)20(25)15-16-6-2-3-9-19(16)22/h2-4,6-9,14H,5,10-13,15H2,1H3. The van der Waals surface area contributed by atoms with Gasteiger partial charge in [0.1, 0.15) is 11.6 Å². The minimum absolute atomic E-state index is 0.0382. The quantitative estimate of drug-likeness (QED) is 0.832. The summed E-state index contributed by atoms with van der Waals surface area (Å²) in [5, 5.41) is 0. The van der Waals surface area contributed by atoms with Gasteiger partial charge in [-0.05, 0) is 36.2 Å². The van der Waals surface area contributed by atoms with Crippen molar-refractivity contribution in [2.24, 2.45) is 0 Å². The Labute approximate surface area is 158 Å². The fraction of sp³-hybridized carbons (Fsp3) is 0.333. The number of amides is 2. The molecule has 2 amide bonds. The van der Waals surface area contributed by atoms with Crippen molar-refractivity contribution < 1.29 is 18.7 Å². The molecule has 0 atom stereocenters. The van der Waals surface area contributed by atoms with Crippen molar-refractivity contribution in [3.05, 3.63) is 65.5 Å². The molecule has 1 aliphatic rings. The minimum Gasteiger partial charge on any atom is -0.497 e. The van der Waals surface area contributed by atoms with Gasteiger partial charge < -0.3 is 14.5 Å². The van der Waals surface area contributed by atoms with Crippen molar-refractivity contribution in [1.29, 1.82) is 0 Å². The molecule has 0 aromatic heterocycles. The first kappa shape index (κ1) is 18.9. The molecule has 1 aliphatic heterocycles. The molecular formula is C21H23FN2O3. The van der Waals surface area contributed by atoms with Crippen molar-refractivity contribution in [3.8, 4) is 5.75 Å². The van der Waals surface area contributed by atoms with Gasteiger partial charge in [0, 0.05) is 31.7 Å². The maximum Gasteiger partial charge on any atom is 0.254 e. The predicted molar refractivity (Wildman–Crippen MR) is 100 cm³/mol. The van der Waals surface area contributed by atoms with Crippen LogP contribution in [0.5, 0.6) is 5.75 Å². The minimum atomic E-state index is -0.365. The van der Waals surface area contributed by atoms with Crippen molar-refractivity contribution in [1.82, 2.24) is 9.80 Å². The summed E-state index contributed by atoms with van der Waals surface area (Å²) >= 11 is 0. The van der Waals surface area contributed by atoms with Crippen molar-refractivity contribution in [2.75, 3.05) is 33.3 Å². The Hall–Kier alpha value is -2.89. The van der Waals surface area contributed by atoms with E-state index in [0.717, 1.165) is 0 Å². The first-order chi connectivity index (χ1) is 13.1. The van der Waals surface area contributed by atoms with Crippen LogP contribution in [-0.4, -0.2) is 54.9 Å². The van der Waals surface area contributed by atoms with Crippen LogP contribution < -0.4 is 4.74 Å². The van der Waals surface area contributed by atoms with Gasteiger partial charge in [-0.2, -0.15) is 0 Å². The van der Waals surface area contributed by atoms with E-state index < -0.39 is 0 Å². The number of halogens is 1. The first-order valence-corrected chi connectivity index (χ1v) is 9.03. The number of rotatable bonds is 4. The molecule has 1 saturated heterocycles. The fourth-order valence-electron chi connectivity index (χ4n) is 3.23. The van der Waals surface area contributed by atoms with Gasteiger partial charge in [-0.15, -0.1) is 0 Å². The van der Waals surface area contributed by atoms with Crippen LogP contribution in [0.1, 0.15) is 22.3 Å². The van der Waals surface area contributed by atoms with E-state index in [1.165, 1.54) is 6.07 Å². The lowest BCUT2D eigenvalue weighted by Gasteiger charge is -2.22. The van der Waals surface area contributed by atoms with E-state index in [1.807, 2.05) is 0 Å². The zero-order valence-electron chi connectivity index (χ0n) is 15.4. The van der Waals surface area contributed by atoms with E-state index in [2.05, 4.69) is 0 Å². The lowest BCUT2D eigenvalue weighted by molar-refractivity contribution is -0.130. The normalized spacial score (nSPS) is 14.6. The molecule has 0 unspecified atom stereocenters. The van der Waals surface area contributed by atoms with E-state index in [4.69, 9.17) is 4.74 Å². The lowest BCUT2D eigenvalue weighted by Crippen LogP contribution is -2.38. The SMILES string of the molecule is COc1cccc(C(=O)N2CCCN(C(=O)Cc3ccccc3F)CC2)c1. The molecule has 0 bridgehead atoms. The molecule has 0 radical (unpaired) electrons. The molecule has 0 N–H and O–H groups in total. The molecular weight excluding hydrogens is 347 g/mol. The average Bonchev–Trinajstić information content (AvgIpc) is 2.95. The van der Waals surface area contributed by atoms with Crippen LogP contribution in [0.2, 0.25) is 0 Å². The summed E-state index contributed by atoms with van der Waals surface area (Å²) in [6, 6.07) is 13.4. The molecule has 6 heteroatoms. The maximum atomic E-state index is 13.8. The number of ether oxygens (including phenoxy) is 1. The molecule has 1 heterocycles. The van der Waals surface area contributed by atoms with Crippen molar-refractivity contribution in [2.45, 2.75) is 12.8 Å². The number of methoxy groups -OCH3 is 1. The van der Waals surface area contributed by atoms with Crippen LogP contribution >= 0.6 is 0 Å².